The molecule has 0 amide bonds. The first-order valence-electron chi connectivity index (χ1n) is 51.0. The first kappa shape index (κ1) is 84.2. The predicted molar refractivity (Wildman–Crippen MR) is 626 cm³/mol. The highest BCUT2D eigenvalue weighted by Crippen LogP contribution is 2.48. The fourth-order valence-electron chi connectivity index (χ4n) is 24.0. The topological polar surface area (TPSA) is 107 Å². The number of benzene rings is 24. The summed E-state index contributed by atoms with van der Waals surface area (Å²) < 4.78 is 13.9. The molecular weight excluding hydrogens is 1830 g/mol. The molecule has 24 aromatic carbocycles. The summed E-state index contributed by atoms with van der Waals surface area (Å²) in [6.07, 6.45) is 0. The normalized spacial score (nSPS) is 12.0. The standard InChI is InChI=1S/3C46H28N4/c1-2-16-34(17-3-1)49-42-23-22-33(26-38(42)39-25-30-13-5-6-14-31(30)27-43(39)49)45-36-19-8-10-20-40(36)47-46(48-45)50-41-21-11-9-18-35(41)37-24-29-12-4-7-15-32(29)28-44(37)50;1-2-17-33(18-3-1)49-41-24-12-21-36(44(41)38-26-30-14-5-7-16-32(30)28-43(38)49)45-35-20-8-10-22-39(35)47-46(48-45)50-40-23-11-9-19-34(40)37-25-29-13-4-6-15-31(29)27-42(37)50;1-2-16-34(17-3-1)49-42-28-33(22-23-36(42)39-25-30-13-4-6-14-31(30)26-43(39)49)45-37-19-8-10-20-40(37)47-46(48-45)50-41-21-11-9-18-35(41)38-24-29-12-5-7-15-32(29)27-44(38)50/h3*1-28H. The summed E-state index contributed by atoms with van der Waals surface area (Å²) in [5, 5.41) is 32.1. The maximum atomic E-state index is 5.54. The SMILES string of the molecule is c1ccc(-n2c3cc(-c4nc(-n5c6ccccc6c6cc7ccccc7cc65)nc5ccccc45)ccc3c3cc4ccccc4cc32)cc1.c1ccc(-n2c3cc4ccccc4cc3c3c(-c4nc(-n5c6ccccc6c6cc7ccccc7cc65)nc5ccccc45)cccc32)cc1.c1ccc(-n2c3ccc(-c4nc(-n5c6ccccc6c6cc7ccccc7cc65)nc5ccccc45)cc3c3cc4ccccc4cc32)cc1. The number of nitrogens with zero attached hydrogens (tertiary/aromatic N) is 12. The van der Waals surface area contributed by atoms with Crippen LogP contribution in [0.3, 0.4) is 0 Å². The Labute approximate surface area is 857 Å². The highest BCUT2D eigenvalue weighted by atomic mass is 15.2. The lowest BCUT2D eigenvalue weighted by Crippen LogP contribution is -2.03. The predicted octanol–water partition coefficient (Wildman–Crippen LogP) is 35.4. The van der Waals surface area contributed by atoms with Gasteiger partial charge in [-0.3, -0.25) is 13.7 Å². The van der Waals surface area contributed by atoms with Gasteiger partial charge in [0.05, 0.1) is 99.8 Å². The van der Waals surface area contributed by atoms with E-state index >= 15 is 0 Å². The van der Waals surface area contributed by atoms with Gasteiger partial charge in [0.1, 0.15) is 0 Å². The summed E-state index contributed by atoms with van der Waals surface area (Å²) in [6, 6.07) is 182. The Morgan fingerprint density at radius 1 is 0.127 bits per heavy atom. The van der Waals surface area contributed by atoms with Crippen molar-refractivity contribution in [1.29, 1.82) is 0 Å². The molecule has 9 heterocycles. The smallest absolute Gasteiger partial charge is 0.235 e. The maximum Gasteiger partial charge on any atom is 0.235 e. The Hall–Kier alpha value is -20.3. The van der Waals surface area contributed by atoms with E-state index in [9.17, 15) is 0 Å². The summed E-state index contributed by atoms with van der Waals surface area (Å²) >= 11 is 0. The van der Waals surface area contributed by atoms with Gasteiger partial charge < -0.3 is 13.7 Å². The van der Waals surface area contributed by atoms with Crippen molar-refractivity contribution in [2.24, 2.45) is 0 Å². The van der Waals surface area contributed by atoms with Gasteiger partial charge in [-0.15, -0.1) is 0 Å². The highest BCUT2D eigenvalue weighted by Gasteiger charge is 2.28. The van der Waals surface area contributed by atoms with Gasteiger partial charge in [0, 0.05) is 115 Å². The van der Waals surface area contributed by atoms with Crippen molar-refractivity contribution in [3.8, 4) is 68.7 Å². The number of hydrogen-bond donors (Lipinski definition) is 0. The van der Waals surface area contributed by atoms with E-state index in [-0.39, 0.29) is 0 Å². The number of fused-ring (bicyclic) bond motifs is 27. The largest absolute Gasteiger partial charge is 0.309 e. The van der Waals surface area contributed by atoms with Crippen LogP contribution in [0.5, 0.6) is 0 Å². The third-order valence-corrected chi connectivity index (χ3v) is 30.8. The summed E-state index contributed by atoms with van der Waals surface area (Å²) in [5.41, 5.74) is 25.6. The van der Waals surface area contributed by atoms with Gasteiger partial charge in [-0.2, -0.15) is 0 Å². The summed E-state index contributed by atoms with van der Waals surface area (Å²) in [7, 11) is 0. The molecule has 12 heteroatoms. The first-order chi connectivity index (χ1) is 74.4. The van der Waals surface area contributed by atoms with Gasteiger partial charge in [-0.25, -0.2) is 29.9 Å². The molecule has 33 aromatic rings. The minimum atomic E-state index is 0.662. The van der Waals surface area contributed by atoms with Crippen LogP contribution in [0, 0.1) is 0 Å². The lowest BCUT2D eigenvalue weighted by molar-refractivity contribution is 1.01. The van der Waals surface area contributed by atoms with Gasteiger partial charge in [0.15, 0.2) is 0 Å². The van der Waals surface area contributed by atoms with E-state index in [1.165, 1.54) is 146 Å². The first-order valence-corrected chi connectivity index (χ1v) is 51.0. The molecule has 0 radical (unpaired) electrons. The maximum absolute atomic E-state index is 5.54. The van der Waals surface area contributed by atoms with E-state index in [2.05, 4.69) is 537 Å². The van der Waals surface area contributed by atoms with Crippen LogP contribution in [0.4, 0.5) is 0 Å². The second-order valence-electron chi connectivity index (χ2n) is 39.2. The molecule has 0 aliphatic rings. The Bertz CT molecular complexity index is 11400. The molecule has 0 aliphatic heterocycles. The fourth-order valence-corrected chi connectivity index (χ4v) is 24.0. The number of aromatic nitrogens is 12. The molecule has 0 bridgehead atoms. The second-order valence-corrected chi connectivity index (χ2v) is 39.2. The van der Waals surface area contributed by atoms with Gasteiger partial charge >= 0.3 is 0 Å². The van der Waals surface area contributed by atoms with E-state index in [0.717, 1.165) is 133 Å². The molecule has 12 nitrogen and oxygen atoms in total. The van der Waals surface area contributed by atoms with Crippen LogP contribution >= 0.6 is 0 Å². The van der Waals surface area contributed by atoms with Crippen LogP contribution in [-0.2, 0) is 0 Å². The van der Waals surface area contributed by atoms with Crippen LogP contribution in [0.15, 0.2) is 510 Å². The average molecular weight is 1910 g/mol. The summed E-state index contributed by atoms with van der Waals surface area (Å²) in [5.74, 6) is 1.99. The minimum absolute atomic E-state index is 0.662. The van der Waals surface area contributed by atoms with Crippen molar-refractivity contribution in [2.75, 3.05) is 0 Å². The monoisotopic (exact) mass is 1910 g/mol. The number of rotatable bonds is 9. The van der Waals surface area contributed by atoms with E-state index in [4.69, 9.17) is 29.9 Å². The second kappa shape index (κ2) is 33.6. The zero-order valence-corrected chi connectivity index (χ0v) is 80.9. The Kier molecular flexibility index (Phi) is 18.9. The lowest BCUT2D eigenvalue weighted by Gasteiger charge is -2.13. The van der Waals surface area contributed by atoms with Crippen LogP contribution in [0.2, 0.25) is 0 Å². The highest BCUT2D eigenvalue weighted by molar-refractivity contribution is 6.23. The zero-order valence-electron chi connectivity index (χ0n) is 80.9. The van der Waals surface area contributed by atoms with Crippen LogP contribution in [-0.4, -0.2) is 57.3 Å². The van der Waals surface area contributed by atoms with Crippen LogP contribution in [0.1, 0.15) is 0 Å². The van der Waals surface area contributed by atoms with Crippen LogP contribution in [0.25, 0.3) is 297 Å². The van der Waals surface area contributed by atoms with Crippen LogP contribution < -0.4 is 0 Å². The summed E-state index contributed by atoms with van der Waals surface area (Å²) in [4.78, 5) is 32.1. The van der Waals surface area contributed by atoms with E-state index < -0.39 is 0 Å². The molecule has 0 fully saturated rings. The molecule has 33 rings (SSSR count). The molecule has 0 saturated carbocycles. The van der Waals surface area contributed by atoms with Crippen molar-refractivity contribution >= 4 is 228 Å². The third kappa shape index (κ3) is 13.4. The quantitative estimate of drug-likeness (QED) is 0.142. The number of hydrogen-bond acceptors (Lipinski definition) is 6. The molecule has 0 atom stereocenters. The van der Waals surface area contributed by atoms with Gasteiger partial charge in [0.25, 0.3) is 0 Å². The van der Waals surface area contributed by atoms with E-state index in [0.29, 0.717) is 17.8 Å². The van der Waals surface area contributed by atoms with Gasteiger partial charge in [-0.1, -0.05) is 340 Å². The molecule has 0 unspecified atom stereocenters. The van der Waals surface area contributed by atoms with E-state index in [1.807, 2.05) is 0 Å². The molecule has 0 N–H and O–H groups in total. The third-order valence-electron chi connectivity index (χ3n) is 30.8. The molecule has 0 spiro atoms. The molecule has 9 aromatic heterocycles. The van der Waals surface area contributed by atoms with Gasteiger partial charge in [0.2, 0.25) is 17.8 Å². The minimum Gasteiger partial charge on any atom is -0.309 e. The average Bonchev–Trinajstić information content (AvgIpc) is 1.57. The van der Waals surface area contributed by atoms with Crippen molar-refractivity contribution in [2.45, 2.75) is 0 Å². The van der Waals surface area contributed by atoms with Crippen molar-refractivity contribution in [3.63, 3.8) is 0 Å². The number of para-hydroxylation sites is 9. The Balaban J connectivity index is 0.000000101. The zero-order chi connectivity index (χ0) is 98.3. The van der Waals surface area contributed by atoms with E-state index in [1.54, 1.807) is 0 Å². The lowest BCUT2D eigenvalue weighted by atomic mass is 9.99. The molecule has 696 valence electrons. The van der Waals surface area contributed by atoms with Crippen molar-refractivity contribution in [1.82, 2.24) is 57.3 Å². The molecule has 0 saturated heterocycles. The molecule has 150 heavy (non-hydrogen) atoms. The fraction of sp³-hybridized carbons (Fsp3) is 0. The van der Waals surface area contributed by atoms with Gasteiger partial charge in [-0.05, 0) is 234 Å². The Morgan fingerprint density at radius 3 is 0.747 bits per heavy atom. The molecule has 0 aliphatic carbocycles. The van der Waals surface area contributed by atoms with Crippen molar-refractivity contribution < 1.29 is 0 Å². The molecular formula is C138H84N12. The Morgan fingerprint density at radius 2 is 0.367 bits per heavy atom. The summed E-state index contributed by atoms with van der Waals surface area (Å²) in [6.45, 7) is 0. The van der Waals surface area contributed by atoms with Crippen molar-refractivity contribution in [3.05, 3.63) is 510 Å².